The van der Waals surface area contributed by atoms with Crippen molar-refractivity contribution >= 4 is 52.3 Å². The average molecular weight is 693 g/mol. The summed E-state index contributed by atoms with van der Waals surface area (Å²) in [5.41, 5.74) is 3.25. The number of nitrogens with one attached hydrogen (secondary N) is 2. The molecule has 10 nitrogen and oxygen atoms in total. The summed E-state index contributed by atoms with van der Waals surface area (Å²) in [7, 11) is 5.51. The van der Waals surface area contributed by atoms with E-state index in [0.717, 1.165) is 30.6 Å². The molecule has 5 rings (SSSR count). The highest BCUT2D eigenvalue weighted by Crippen LogP contribution is 2.35. The number of piperidine rings is 1. The molecule has 2 aromatic carbocycles. The van der Waals surface area contributed by atoms with Gasteiger partial charge in [0.15, 0.2) is 5.78 Å². The molecule has 2 fully saturated rings. The van der Waals surface area contributed by atoms with Crippen molar-refractivity contribution in [3.05, 3.63) is 53.9 Å². The third-order valence-electron chi connectivity index (χ3n) is 10.2. The van der Waals surface area contributed by atoms with Crippen LogP contribution in [0.1, 0.15) is 76.8 Å². The number of ether oxygens (including phenoxy) is 1. The van der Waals surface area contributed by atoms with Crippen molar-refractivity contribution in [2.45, 2.75) is 84.2 Å². The summed E-state index contributed by atoms with van der Waals surface area (Å²) in [5.74, 6) is 1.06. The van der Waals surface area contributed by atoms with Gasteiger partial charge in [-0.1, -0.05) is 32.9 Å². The van der Waals surface area contributed by atoms with Gasteiger partial charge in [-0.25, -0.2) is 9.97 Å². The van der Waals surface area contributed by atoms with E-state index >= 15 is 0 Å². The summed E-state index contributed by atoms with van der Waals surface area (Å²) >= 11 is 0. The van der Waals surface area contributed by atoms with Crippen LogP contribution in [0.3, 0.4) is 0 Å². The quantitative estimate of drug-likeness (QED) is 0.238. The molecule has 2 aliphatic rings. The van der Waals surface area contributed by atoms with E-state index in [1.54, 1.807) is 19.1 Å². The highest BCUT2D eigenvalue weighted by atomic mass is 35.5. The van der Waals surface area contributed by atoms with Crippen molar-refractivity contribution in [1.29, 1.82) is 0 Å². The Hall–Kier alpha value is -3.60. The van der Waals surface area contributed by atoms with E-state index < -0.39 is 17.4 Å². The number of halogens is 1. The first kappa shape index (κ1) is 38.2. The second-order valence-electron chi connectivity index (χ2n) is 14.7. The number of likely N-dealkylation sites (N-methyl/N-ethyl adjacent to an activating group) is 2. The number of benzene rings is 2. The maximum atomic E-state index is 14.0. The van der Waals surface area contributed by atoms with Crippen molar-refractivity contribution in [3.63, 3.8) is 0 Å². The van der Waals surface area contributed by atoms with Crippen LogP contribution in [-0.2, 0) is 20.8 Å². The molecule has 4 atom stereocenters. The minimum atomic E-state index is -0.549. The van der Waals surface area contributed by atoms with Gasteiger partial charge in [0.05, 0.1) is 24.7 Å². The smallest absolute Gasteiger partial charge is 0.227 e. The summed E-state index contributed by atoms with van der Waals surface area (Å²) in [6, 6.07) is 11.5. The Balaban J connectivity index is 0.00000541. The molecular weight excluding hydrogens is 640 g/mol. The minimum Gasteiger partial charge on any atom is -0.496 e. The number of aromatic nitrogens is 2. The van der Waals surface area contributed by atoms with Crippen LogP contribution in [0.2, 0.25) is 0 Å². The first-order valence-corrected chi connectivity index (χ1v) is 17.3. The van der Waals surface area contributed by atoms with Crippen molar-refractivity contribution in [1.82, 2.24) is 25.1 Å². The zero-order chi connectivity index (χ0) is 34.6. The molecule has 1 aromatic heterocycles. The number of fused-ring (bicyclic) bond motifs is 1. The predicted octanol–water partition coefficient (Wildman–Crippen LogP) is 5.95. The topological polar surface area (TPSA) is 117 Å². The van der Waals surface area contributed by atoms with Crippen LogP contribution in [0.15, 0.2) is 42.7 Å². The van der Waals surface area contributed by atoms with Gasteiger partial charge < -0.3 is 25.2 Å². The number of anilines is 2. The summed E-state index contributed by atoms with van der Waals surface area (Å²) in [5, 5.41) is 7.23. The molecule has 1 amide bonds. The van der Waals surface area contributed by atoms with Gasteiger partial charge in [0.25, 0.3) is 0 Å². The number of carbonyl (C=O) groups is 3. The maximum absolute atomic E-state index is 14.0. The van der Waals surface area contributed by atoms with Crippen LogP contribution in [0, 0.1) is 11.3 Å². The first-order chi connectivity index (χ1) is 22.9. The maximum Gasteiger partial charge on any atom is 0.227 e. The third-order valence-corrected chi connectivity index (χ3v) is 10.2. The molecule has 1 unspecified atom stereocenters. The zero-order valence-corrected chi connectivity index (χ0v) is 30.9. The number of Topliss-reactive ketones (excluding diaryl/α,β-unsaturated/α-hetero) is 2. The summed E-state index contributed by atoms with van der Waals surface area (Å²) in [6.45, 7) is 10.5. The largest absolute Gasteiger partial charge is 0.496 e. The lowest BCUT2D eigenvalue weighted by atomic mass is 9.76. The van der Waals surface area contributed by atoms with Gasteiger partial charge in [-0.05, 0) is 88.3 Å². The second kappa shape index (κ2) is 16.4. The van der Waals surface area contributed by atoms with Crippen LogP contribution < -0.4 is 15.4 Å². The number of hydrogen-bond acceptors (Lipinski definition) is 9. The first-order valence-electron chi connectivity index (χ1n) is 17.3. The minimum absolute atomic E-state index is 0. The fourth-order valence-corrected chi connectivity index (χ4v) is 7.14. The Morgan fingerprint density at radius 1 is 1.04 bits per heavy atom. The SMILES string of the molecule is CN[C@@H](C)C(=O)C[C@H](C(=O)N1CCC[C@H]1C(=O)Cc1cc2c(Nc3ccc(C4CCCN(C)C4)cc3)ncnc2cc1OC)C(C)(C)C.Cl. The molecule has 11 heteroatoms. The number of hydrogen-bond donors (Lipinski definition) is 2. The summed E-state index contributed by atoms with van der Waals surface area (Å²) in [4.78, 5) is 54.0. The Morgan fingerprint density at radius 3 is 2.41 bits per heavy atom. The highest BCUT2D eigenvalue weighted by molar-refractivity contribution is 5.96. The van der Waals surface area contributed by atoms with Crippen molar-refractivity contribution in [2.75, 3.05) is 46.2 Å². The van der Waals surface area contributed by atoms with E-state index in [1.165, 1.54) is 24.7 Å². The van der Waals surface area contributed by atoms with Gasteiger partial charge in [0.1, 0.15) is 23.7 Å². The van der Waals surface area contributed by atoms with Crippen LogP contribution in [0.5, 0.6) is 5.75 Å². The molecule has 0 spiro atoms. The number of nitrogens with zero attached hydrogens (tertiary/aromatic N) is 4. The van der Waals surface area contributed by atoms with E-state index in [-0.39, 0.29) is 48.8 Å². The predicted molar refractivity (Wildman–Crippen MR) is 197 cm³/mol. The number of rotatable bonds is 12. The van der Waals surface area contributed by atoms with Crippen LogP contribution >= 0.6 is 12.4 Å². The van der Waals surface area contributed by atoms with Crippen LogP contribution in [-0.4, -0.2) is 90.2 Å². The van der Waals surface area contributed by atoms with Gasteiger partial charge in [-0.2, -0.15) is 0 Å². The molecule has 0 saturated carbocycles. The van der Waals surface area contributed by atoms with Crippen LogP contribution in [0.4, 0.5) is 11.5 Å². The number of carbonyl (C=O) groups excluding carboxylic acids is 3. The Morgan fingerprint density at radius 2 is 1.76 bits per heavy atom. The number of methoxy groups -OCH3 is 1. The molecule has 0 aliphatic carbocycles. The van der Waals surface area contributed by atoms with Crippen LogP contribution in [0.25, 0.3) is 10.9 Å². The van der Waals surface area contributed by atoms with Gasteiger partial charge >= 0.3 is 0 Å². The van der Waals surface area contributed by atoms with Gasteiger partial charge in [0.2, 0.25) is 5.91 Å². The standard InChI is InChI=1S/C38H52N6O4.ClH/c1-24(39-5)33(45)20-30(38(2,3)4)37(47)44-17-9-11-32(44)34(46)19-27-18-29-31(21-35(27)48-7)40-23-41-36(29)42-28-14-12-25(13-15-28)26-10-8-16-43(6)22-26;/h12-15,18,21,23-24,26,30,32,39H,8-11,16-17,19-20,22H2,1-7H3,(H,40,41,42);1H/t24-,26?,30+,32-;/m0./s1. The lowest BCUT2D eigenvalue weighted by Crippen LogP contribution is -2.48. The van der Waals surface area contributed by atoms with E-state index in [2.05, 4.69) is 56.8 Å². The monoisotopic (exact) mass is 692 g/mol. The molecule has 2 aliphatic heterocycles. The van der Waals surface area contributed by atoms with Gasteiger partial charge in [-0.15, -0.1) is 12.4 Å². The van der Waals surface area contributed by atoms with E-state index in [4.69, 9.17) is 4.74 Å². The zero-order valence-electron chi connectivity index (χ0n) is 30.0. The lowest BCUT2D eigenvalue weighted by Gasteiger charge is -2.35. The molecule has 3 aromatic rings. The van der Waals surface area contributed by atoms with Crippen molar-refractivity contribution < 1.29 is 19.1 Å². The average Bonchev–Trinajstić information content (AvgIpc) is 3.57. The number of amides is 1. The molecule has 49 heavy (non-hydrogen) atoms. The molecular formula is C38H53ClN6O4. The fourth-order valence-electron chi connectivity index (χ4n) is 7.14. The molecule has 2 saturated heterocycles. The highest BCUT2D eigenvalue weighted by Gasteiger charge is 2.42. The number of likely N-dealkylation sites (tertiary alicyclic amines) is 2. The van der Waals surface area contributed by atoms with Crippen molar-refractivity contribution in [3.8, 4) is 5.75 Å². The summed E-state index contributed by atoms with van der Waals surface area (Å²) in [6.07, 6.45) is 5.52. The van der Waals surface area contributed by atoms with Gasteiger partial charge in [0, 0.05) is 54.6 Å². The van der Waals surface area contributed by atoms with E-state index in [0.29, 0.717) is 41.5 Å². The Kier molecular flexibility index (Phi) is 12.8. The lowest BCUT2D eigenvalue weighted by molar-refractivity contribution is -0.145. The van der Waals surface area contributed by atoms with E-state index in [1.807, 2.05) is 39.8 Å². The van der Waals surface area contributed by atoms with Gasteiger partial charge in [-0.3, -0.25) is 14.4 Å². The number of ketones is 2. The molecule has 3 heterocycles. The third kappa shape index (κ3) is 8.96. The molecule has 2 N–H and O–H groups in total. The molecule has 0 radical (unpaired) electrons. The normalized spacial score (nSPS) is 19.6. The molecule has 266 valence electrons. The second-order valence-corrected chi connectivity index (χ2v) is 14.7. The summed E-state index contributed by atoms with van der Waals surface area (Å²) < 4.78 is 5.73. The fraction of sp³-hybridized carbons (Fsp3) is 0.553. The van der Waals surface area contributed by atoms with E-state index in [9.17, 15) is 14.4 Å². The Bertz CT molecular complexity index is 1620. The molecule has 0 bridgehead atoms. The van der Waals surface area contributed by atoms with Crippen molar-refractivity contribution in [2.24, 2.45) is 11.3 Å². The Labute approximate surface area is 297 Å².